The van der Waals surface area contributed by atoms with Crippen LogP contribution in [0.5, 0.6) is 5.75 Å². The van der Waals surface area contributed by atoms with Crippen molar-refractivity contribution < 1.29 is 14.6 Å². The minimum atomic E-state index is -0.726. The van der Waals surface area contributed by atoms with E-state index >= 15 is 0 Å². The lowest BCUT2D eigenvalue weighted by atomic mass is 10.1. The molecule has 0 saturated heterocycles. The summed E-state index contributed by atoms with van der Waals surface area (Å²) in [5.74, 6) is -1.14. The highest BCUT2D eigenvalue weighted by atomic mass is 35.5. The molecule has 0 heterocycles. The highest BCUT2D eigenvalue weighted by Crippen LogP contribution is 2.19. The van der Waals surface area contributed by atoms with Gasteiger partial charge in [0.05, 0.1) is 12.6 Å². The van der Waals surface area contributed by atoms with Crippen molar-refractivity contribution in [2.45, 2.75) is 6.04 Å². The third kappa shape index (κ3) is 2.84. The van der Waals surface area contributed by atoms with Crippen LogP contribution in [-0.4, -0.2) is 16.8 Å². The minimum Gasteiger partial charge on any atom is -0.505 e. The Hall–Kier alpha value is -0.840. The predicted octanol–water partition coefficient (Wildman–Crippen LogP) is 0.945. The largest absolute Gasteiger partial charge is 0.505 e. The highest BCUT2D eigenvalue weighted by Gasteiger charge is 2.07. The van der Waals surface area contributed by atoms with E-state index in [0.29, 0.717) is 5.56 Å². The molecule has 0 unspecified atom stereocenters. The van der Waals surface area contributed by atoms with Gasteiger partial charge in [-0.3, -0.25) is 0 Å². The molecule has 0 radical (unpaired) electrons. The van der Waals surface area contributed by atoms with E-state index in [4.69, 9.17) is 15.9 Å². The van der Waals surface area contributed by atoms with Crippen molar-refractivity contribution in [3.8, 4) is 5.75 Å². The normalized spacial score (nSPS) is 11.9. The second-order valence-electron chi connectivity index (χ2n) is 2.50. The van der Waals surface area contributed by atoms with Crippen LogP contribution < -0.4 is 5.73 Å². The van der Waals surface area contributed by atoms with Crippen molar-refractivity contribution in [3.05, 3.63) is 29.6 Å². The fourth-order valence-electron chi connectivity index (χ4n) is 0.859. The number of halogens is 2. The standard InChI is InChI=1S/C8H10FNO2.ClH/c9-6-3-5(7(10)4-11)1-2-8(6)12;/h1-3,7,11-12H,4,10H2;1H/t7-;/m1./s1. The summed E-state index contributed by atoms with van der Waals surface area (Å²) in [4.78, 5) is 0. The molecule has 0 bridgehead atoms. The Kier molecular flexibility index (Phi) is 4.69. The number of aliphatic hydroxyl groups is 1. The van der Waals surface area contributed by atoms with Gasteiger partial charge in [-0.1, -0.05) is 6.07 Å². The van der Waals surface area contributed by atoms with Crippen molar-refractivity contribution in [2.24, 2.45) is 5.73 Å². The van der Waals surface area contributed by atoms with Crippen molar-refractivity contribution >= 4 is 12.4 Å². The molecule has 1 atom stereocenters. The van der Waals surface area contributed by atoms with Crippen LogP contribution in [0, 0.1) is 5.82 Å². The van der Waals surface area contributed by atoms with Gasteiger partial charge in [-0.2, -0.15) is 0 Å². The SMILES string of the molecule is Cl.N[C@H](CO)c1ccc(O)c(F)c1. The van der Waals surface area contributed by atoms with E-state index in [-0.39, 0.29) is 19.0 Å². The molecule has 74 valence electrons. The summed E-state index contributed by atoms with van der Waals surface area (Å²) < 4.78 is 12.7. The summed E-state index contributed by atoms with van der Waals surface area (Å²) in [6.45, 7) is -0.246. The number of phenols is 1. The Balaban J connectivity index is 0.00000144. The summed E-state index contributed by atoms with van der Waals surface area (Å²) in [6.07, 6.45) is 0. The zero-order chi connectivity index (χ0) is 9.14. The van der Waals surface area contributed by atoms with Crippen molar-refractivity contribution in [3.63, 3.8) is 0 Å². The molecule has 0 aliphatic rings. The van der Waals surface area contributed by atoms with Crippen LogP contribution >= 0.6 is 12.4 Å². The van der Waals surface area contributed by atoms with Crippen molar-refractivity contribution in [1.29, 1.82) is 0 Å². The minimum absolute atomic E-state index is 0. The van der Waals surface area contributed by atoms with E-state index in [1.54, 1.807) is 0 Å². The molecule has 4 N–H and O–H groups in total. The number of aliphatic hydroxyl groups excluding tert-OH is 1. The van der Waals surface area contributed by atoms with Crippen molar-refractivity contribution in [2.75, 3.05) is 6.61 Å². The third-order valence-corrected chi connectivity index (χ3v) is 1.60. The maximum atomic E-state index is 12.7. The zero-order valence-electron chi connectivity index (χ0n) is 6.77. The number of phenolic OH excluding ortho intramolecular Hbond substituents is 1. The summed E-state index contributed by atoms with van der Waals surface area (Å²) in [6, 6.07) is 3.19. The number of nitrogens with two attached hydrogens (primary N) is 1. The first-order chi connectivity index (χ1) is 5.65. The Morgan fingerprint density at radius 3 is 2.54 bits per heavy atom. The maximum Gasteiger partial charge on any atom is 0.165 e. The van der Waals surface area contributed by atoms with E-state index in [9.17, 15) is 4.39 Å². The first-order valence-corrected chi connectivity index (χ1v) is 3.50. The van der Waals surface area contributed by atoms with Crippen LogP contribution in [0.3, 0.4) is 0 Å². The van der Waals surface area contributed by atoms with Crippen LogP contribution in [0.2, 0.25) is 0 Å². The van der Waals surface area contributed by atoms with Gasteiger partial charge in [-0.15, -0.1) is 12.4 Å². The molecule has 0 saturated carbocycles. The lowest BCUT2D eigenvalue weighted by molar-refractivity contribution is 0.267. The molecule has 13 heavy (non-hydrogen) atoms. The maximum absolute atomic E-state index is 12.7. The summed E-state index contributed by atoms with van der Waals surface area (Å²) in [5.41, 5.74) is 5.88. The van der Waals surface area contributed by atoms with Gasteiger partial charge in [0.1, 0.15) is 0 Å². The lowest BCUT2D eigenvalue weighted by Crippen LogP contribution is -2.14. The average Bonchev–Trinajstić information content (AvgIpc) is 2.08. The van der Waals surface area contributed by atoms with Gasteiger partial charge in [0.15, 0.2) is 11.6 Å². The van der Waals surface area contributed by atoms with E-state index in [2.05, 4.69) is 0 Å². The van der Waals surface area contributed by atoms with Gasteiger partial charge in [0, 0.05) is 0 Å². The molecule has 5 heteroatoms. The van der Waals surface area contributed by atoms with Gasteiger partial charge in [-0.05, 0) is 17.7 Å². The number of rotatable bonds is 2. The Morgan fingerprint density at radius 2 is 2.08 bits per heavy atom. The second-order valence-corrected chi connectivity index (χ2v) is 2.50. The number of hydrogen-bond acceptors (Lipinski definition) is 3. The molecule has 0 aliphatic carbocycles. The molecule has 1 aromatic carbocycles. The number of aromatic hydroxyl groups is 1. The van der Waals surface area contributed by atoms with Crippen LogP contribution in [-0.2, 0) is 0 Å². The van der Waals surface area contributed by atoms with Crippen LogP contribution in [0.1, 0.15) is 11.6 Å². The highest BCUT2D eigenvalue weighted by molar-refractivity contribution is 5.85. The molecule has 0 aliphatic heterocycles. The zero-order valence-corrected chi connectivity index (χ0v) is 7.59. The molecule has 0 fully saturated rings. The molecule has 0 aromatic heterocycles. The van der Waals surface area contributed by atoms with Crippen LogP contribution in [0.15, 0.2) is 18.2 Å². The first kappa shape index (κ1) is 12.2. The molecule has 1 rings (SSSR count). The summed E-state index contributed by atoms with van der Waals surface area (Å²) in [7, 11) is 0. The van der Waals surface area contributed by atoms with Gasteiger partial charge in [-0.25, -0.2) is 4.39 Å². The van der Waals surface area contributed by atoms with Gasteiger partial charge >= 0.3 is 0 Å². The predicted molar refractivity (Wildman–Crippen MR) is 49.3 cm³/mol. The average molecular weight is 208 g/mol. The van der Waals surface area contributed by atoms with Crippen LogP contribution in [0.4, 0.5) is 4.39 Å². The van der Waals surface area contributed by atoms with E-state index in [0.717, 1.165) is 6.07 Å². The van der Waals surface area contributed by atoms with Gasteiger partial charge < -0.3 is 15.9 Å². The van der Waals surface area contributed by atoms with Crippen molar-refractivity contribution in [1.82, 2.24) is 0 Å². The molecular formula is C8H11ClFNO2. The van der Waals surface area contributed by atoms with E-state index in [1.807, 2.05) is 0 Å². The lowest BCUT2D eigenvalue weighted by Gasteiger charge is -2.08. The van der Waals surface area contributed by atoms with Gasteiger partial charge in [0.25, 0.3) is 0 Å². The Bertz CT molecular complexity index is 283. The number of hydrogen-bond donors (Lipinski definition) is 3. The summed E-state index contributed by atoms with van der Waals surface area (Å²) in [5, 5.41) is 17.5. The number of benzene rings is 1. The quantitative estimate of drug-likeness (QED) is 0.677. The van der Waals surface area contributed by atoms with E-state index in [1.165, 1.54) is 12.1 Å². The topological polar surface area (TPSA) is 66.5 Å². The Labute approximate surface area is 81.4 Å². The first-order valence-electron chi connectivity index (χ1n) is 3.50. The summed E-state index contributed by atoms with van der Waals surface area (Å²) >= 11 is 0. The molecule has 0 spiro atoms. The smallest absolute Gasteiger partial charge is 0.165 e. The molecule has 3 nitrogen and oxygen atoms in total. The van der Waals surface area contributed by atoms with Gasteiger partial charge in [0.2, 0.25) is 0 Å². The van der Waals surface area contributed by atoms with E-state index < -0.39 is 17.6 Å². The molecular weight excluding hydrogens is 197 g/mol. The third-order valence-electron chi connectivity index (χ3n) is 1.60. The Morgan fingerprint density at radius 1 is 1.46 bits per heavy atom. The van der Waals surface area contributed by atoms with Crippen LogP contribution in [0.25, 0.3) is 0 Å². The molecule has 0 amide bonds. The second kappa shape index (κ2) is 5.01. The fraction of sp³-hybridized carbons (Fsp3) is 0.250. The fourth-order valence-corrected chi connectivity index (χ4v) is 0.859. The molecule has 1 aromatic rings. The monoisotopic (exact) mass is 207 g/mol.